The van der Waals surface area contributed by atoms with Gasteiger partial charge in [-0.1, -0.05) is 0 Å². The molecule has 1 unspecified atom stereocenters. The number of hydrogen-bond donors (Lipinski definition) is 1. The number of β-amino-alcohol motifs (C(OH)–C–C–N with tert-alkyl or cyclic N) is 1. The minimum Gasteiger partial charge on any atom is -0.459 e. The Morgan fingerprint density at radius 3 is 2.47 bits per heavy atom. The van der Waals surface area contributed by atoms with Gasteiger partial charge in [-0.15, -0.1) is 0 Å². The van der Waals surface area contributed by atoms with Crippen LogP contribution < -0.4 is 0 Å². The van der Waals surface area contributed by atoms with E-state index in [0.717, 1.165) is 0 Å². The molecule has 7 heteroatoms. The Kier molecular flexibility index (Phi) is 4.84. The van der Waals surface area contributed by atoms with Gasteiger partial charge in [0.25, 0.3) is 0 Å². The predicted octanol–water partition coefficient (Wildman–Crippen LogP) is 1.72. The molecular formula is C12H20F3NO3. The summed E-state index contributed by atoms with van der Waals surface area (Å²) in [5.41, 5.74) is -0.673. The normalized spacial score (nSPS) is 23.4. The number of likely N-dealkylation sites (tertiary alicyclic amines) is 1. The fourth-order valence-corrected chi connectivity index (χ4v) is 2.01. The molecule has 19 heavy (non-hydrogen) atoms. The lowest BCUT2D eigenvalue weighted by molar-refractivity contribution is -0.209. The molecule has 1 aliphatic rings. The Bertz CT molecular complexity index is 325. The molecule has 1 heterocycles. The molecule has 1 fully saturated rings. The lowest BCUT2D eigenvalue weighted by Crippen LogP contribution is -2.47. The van der Waals surface area contributed by atoms with Crippen LogP contribution in [0, 0.1) is 0 Å². The molecule has 0 bridgehead atoms. The fraction of sp³-hybridized carbons (Fsp3) is 0.917. The summed E-state index contributed by atoms with van der Waals surface area (Å²) in [6.45, 7) is 4.88. The van der Waals surface area contributed by atoms with E-state index in [4.69, 9.17) is 9.84 Å². The number of halogens is 3. The highest BCUT2D eigenvalue weighted by molar-refractivity contribution is 5.76. The predicted molar refractivity (Wildman–Crippen MR) is 62.5 cm³/mol. The first-order valence-electron chi connectivity index (χ1n) is 6.22. The molecule has 0 radical (unpaired) electrons. The third-order valence-electron chi connectivity index (χ3n) is 2.83. The zero-order valence-electron chi connectivity index (χ0n) is 11.3. The minimum absolute atomic E-state index is 0.358. The van der Waals surface area contributed by atoms with Gasteiger partial charge in [-0.2, -0.15) is 13.2 Å². The van der Waals surface area contributed by atoms with Gasteiger partial charge >= 0.3 is 12.1 Å². The molecule has 1 saturated heterocycles. The van der Waals surface area contributed by atoms with Gasteiger partial charge in [-0.3, -0.25) is 9.69 Å². The molecule has 2 atom stereocenters. The largest absolute Gasteiger partial charge is 0.459 e. The topological polar surface area (TPSA) is 49.8 Å². The maximum Gasteiger partial charge on any atom is 0.415 e. The van der Waals surface area contributed by atoms with E-state index in [0.29, 0.717) is 19.4 Å². The zero-order valence-corrected chi connectivity index (χ0v) is 11.3. The zero-order chi connectivity index (χ0) is 14.8. The van der Waals surface area contributed by atoms with Crippen LogP contribution in [-0.4, -0.2) is 53.0 Å². The van der Waals surface area contributed by atoms with Crippen LogP contribution in [0.2, 0.25) is 0 Å². The van der Waals surface area contributed by atoms with Gasteiger partial charge in [0.15, 0.2) is 6.10 Å². The van der Waals surface area contributed by atoms with Crippen molar-refractivity contribution in [1.29, 1.82) is 0 Å². The van der Waals surface area contributed by atoms with Crippen molar-refractivity contribution >= 4 is 5.97 Å². The van der Waals surface area contributed by atoms with Crippen molar-refractivity contribution in [2.24, 2.45) is 0 Å². The van der Waals surface area contributed by atoms with Crippen LogP contribution in [0.5, 0.6) is 0 Å². The van der Waals surface area contributed by atoms with Crippen molar-refractivity contribution < 1.29 is 27.8 Å². The van der Waals surface area contributed by atoms with Crippen LogP contribution in [0.1, 0.15) is 33.6 Å². The van der Waals surface area contributed by atoms with E-state index in [1.54, 1.807) is 20.8 Å². The average Bonchev–Trinajstić information content (AvgIpc) is 2.61. The summed E-state index contributed by atoms with van der Waals surface area (Å²) in [7, 11) is 0. The van der Waals surface area contributed by atoms with Crippen molar-refractivity contribution in [2.75, 3.05) is 13.1 Å². The maximum atomic E-state index is 12.3. The van der Waals surface area contributed by atoms with E-state index in [9.17, 15) is 18.0 Å². The third kappa shape index (κ3) is 4.99. The fourth-order valence-electron chi connectivity index (χ4n) is 2.01. The standard InChI is InChI=1S/C12H20F3NO3/c1-11(2,3)19-10(18)8-5-4-6-16(8)7-9(17)12(13,14)15/h8-9,17H,4-7H2,1-3H3/t8-,9?/m0/s1. The second-order valence-electron chi connectivity index (χ2n) is 5.74. The van der Waals surface area contributed by atoms with Crippen molar-refractivity contribution in [3.63, 3.8) is 0 Å². The SMILES string of the molecule is CC(C)(C)OC(=O)[C@@H]1CCCN1CC(O)C(F)(F)F. The lowest BCUT2D eigenvalue weighted by atomic mass is 10.1. The molecule has 0 saturated carbocycles. The molecule has 1 N–H and O–H groups in total. The van der Waals surface area contributed by atoms with E-state index < -0.39 is 36.4 Å². The van der Waals surface area contributed by atoms with E-state index in [-0.39, 0.29) is 0 Å². The number of hydrogen-bond acceptors (Lipinski definition) is 4. The van der Waals surface area contributed by atoms with Gasteiger partial charge in [-0.25, -0.2) is 0 Å². The van der Waals surface area contributed by atoms with Crippen LogP contribution >= 0.6 is 0 Å². The minimum atomic E-state index is -4.67. The number of nitrogens with zero attached hydrogens (tertiary/aromatic N) is 1. The number of carbonyl (C=O) groups is 1. The number of ether oxygens (including phenoxy) is 1. The van der Waals surface area contributed by atoms with E-state index in [1.165, 1.54) is 4.90 Å². The lowest BCUT2D eigenvalue weighted by Gasteiger charge is -2.29. The monoisotopic (exact) mass is 283 g/mol. The molecule has 4 nitrogen and oxygen atoms in total. The third-order valence-corrected chi connectivity index (χ3v) is 2.83. The number of rotatable bonds is 3. The Labute approximate surface area is 110 Å². The van der Waals surface area contributed by atoms with Gasteiger partial charge in [-0.05, 0) is 40.2 Å². The number of esters is 1. The van der Waals surface area contributed by atoms with Gasteiger partial charge in [0.1, 0.15) is 11.6 Å². The second kappa shape index (κ2) is 5.66. The number of aliphatic hydroxyl groups excluding tert-OH is 1. The second-order valence-corrected chi connectivity index (χ2v) is 5.74. The summed E-state index contributed by atoms with van der Waals surface area (Å²) in [4.78, 5) is 13.2. The van der Waals surface area contributed by atoms with Crippen LogP contribution in [0.25, 0.3) is 0 Å². The summed E-state index contributed by atoms with van der Waals surface area (Å²) in [5.74, 6) is -0.528. The first-order chi connectivity index (χ1) is 8.50. The molecule has 0 aromatic carbocycles. The van der Waals surface area contributed by atoms with Gasteiger partial charge in [0.05, 0.1) is 0 Å². The quantitative estimate of drug-likeness (QED) is 0.801. The van der Waals surface area contributed by atoms with Crippen LogP contribution in [0.4, 0.5) is 13.2 Å². The molecule has 112 valence electrons. The molecular weight excluding hydrogens is 263 g/mol. The van der Waals surface area contributed by atoms with Gasteiger partial charge < -0.3 is 9.84 Å². The van der Waals surface area contributed by atoms with Crippen LogP contribution in [0.3, 0.4) is 0 Å². The summed E-state index contributed by atoms with van der Waals surface area (Å²) in [6, 6.07) is -0.698. The van der Waals surface area contributed by atoms with E-state index in [1.807, 2.05) is 0 Å². The smallest absolute Gasteiger partial charge is 0.415 e. The molecule has 1 rings (SSSR count). The summed E-state index contributed by atoms with van der Waals surface area (Å²) in [6.07, 6.45) is -6.02. The Balaban J connectivity index is 2.62. The summed E-state index contributed by atoms with van der Waals surface area (Å²) in [5, 5.41) is 9.06. The summed E-state index contributed by atoms with van der Waals surface area (Å²) >= 11 is 0. The van der Waals surface area contributed by atoms with E-state index >= 15 is 0 Å². The van der Waals surface area contributed by atoms with Crippen molar-refractivity contribution in [2.45, 2.75) is 57.5 Å². The Hall–Kier alpha value is -0.820. The van der Waals surface area contributed by atoms with Gasteiger partial charge in [0, 0.05) is 6.54 Å². The summed E-state index contributed by atoms with van der Waals surface area (Å²) < 4.78 is 42.1. The van der Waals surface area contributed by atoms with Crippen molar-refractivity contribution in [1.82, 2.24) is 4.90 Å². The van der Waals surface area contributed by atoms with Crippen molar-refractivity contribution in [3.05, 3.63) is 0 Å². The molecule has 0 aromatic heterocycles. The highest BCUT2D eigenvalue weighted by Crippen LogP contribution is 2.25. The van der Waals surface area contributed by atoms with Crippen molar-refractivity contribution in [3.8, 4) is 0 Å². The van der Waals surface area contributed by atoms with Crippen LogP contribution in [0.15, 0.2) is 0 Å². The maximum absolute atomic E-state index is 12.3. The number of aliphatic hydroxyl groups is 1. The number of alkyl halides is 3. The van der Waals surface area contributed by atoms with E-state index in [2.05, 4.69) is 0 Å². The van der Waals surface area contributed by atoms with Gasteiger partial charge in [0.2, 0.25) is 0 Å². The molecule has 0 aliphatic carbocycles. The Morgan fingerprint density at radius 1 is 1.42 bits per heavy atom. The number of carbonyl (C=O) groups excluding carboxylic acids is 1. The first-order valence-corrected chi connectivity index (χ1v) is 6.22. The molecule has 1 aliphatic heterocycles. The first kappa shape index (κ1) is 16.2. The molecule has 0 amide bonds. The highest BCUT2D eigenvalue weighted by Gasteiger charge is 2.42. The highest BCUT2D eigenvalue weighted by atomic mass is 19.4. The molecule has 0 aromatic rings. The molecule has 0 spiro atoms. The van der Waals surface area contributed by atoms with Crippen LogP contribution in [-0.2, 0) is 9.53 Å². The Morgan fingerprint density at radius 2 is 2.00 bits per heavy atom. The average molecular weight is 283 g/mol.